The van der Waals surface area contributed by atoms with Gasteiger partial charge in [0.1, 0.15) is 0 Å². The Morgan fingerprint density at radius 3 is 2.38 bits per heavy atom. The summed E-state index contributed by atoms with van der Waals surface area (Å²) in [4.78, 5) is 33.2. The molecule has 0 aliphatic rings. The average molecular weight is 295 g/mol. The van der Waals surface area contributed by atoms with Gasteiger partial charge in [0, 0.05) is 18.7 Å². The first-order chi connectivity index (χ1) is 9.99. The molecule has 0 spiro atoms. The minimum Gasteiger partial charge on any atom is -0.479 e. The fourth-order valence-corrected chi connectivity index (χ4v) is 1.39. The molecule has 0 aliphatic heterocycles. The highest BCUT2D eigenvalue weighted by Crippen LogP contribution is 2.03. The van der Waals surface area contributed by atoms with Crippen LogP contribution in [0.2, 0.25) is 0 Å². The van der Waals surface area contributed by atoms with E-state index in [-0.39, 0.29) is 19.5 Å². The summed E-state index contributed by atoms with van der Waals surface area (Å²) < 4.78 is 0. The average Bonchev–Trinajstić information content (AvgIpc) is 2.46. The highest BCUT2D eigenvalue weighted by Gasteiger charge is 2.13. The number of amides is 3. The van der Waals surface area contributed by atoms with Gasteiger partial charge in [-0.15, -0.1) is 0 Å². The zero-order valence-electron chi connectivity index (χ0n) is 11.2. The van der Waals surface area contributed by atoms with Gasteiger partial charge in [0.2, 0.25) is 5.91 Å². The molecule has 114 valence electrons. The summed E-state index contributed by atoms with van der Waals surface area (Å²) in [7, 11) is 0. The number of para-hydroxylation sites is 1. The molecule has 0 fully saturated rings. The van der Waals surface area contributed by atoms with Crippen LogP contribution in [0.15, 0.2) is 30.3 Å². The van der Waals surface area contributed by atoms with Gasteiger partial charge in [-0.25, -0.2) is 9.59 Å². The van der Waals surface area contributed by atoms with Gasteiger partial charge in [-0.05, 0) is 12.1 Å². The normalized spacial score (nSPS) is 11.3. The fraction of sp³-hybridized carbons (Fsp3) is 0.308. The number of anilines is 1. The van der Waals surface area contributed by atoms with E-state index in [0.717, 1.165) is 0 Å². The Balaban J connectivity index is 2.18. The molecule has 0 aromatic heterocycles. The molecule has 21 heavy (non-hydrogen) atoms. The Bertz CT molecular complexity index is 492. The number of nitrogens with one attached hydrogen (secondary N) is 3. The molecule has 0 aliphatic carbocycles. The number of aliphatic hydroxyl groups excluding tert-OH is 1. The minimum absolute atomic E-state index is 0.00822. The molecular formula is C13H17N3O5. The lowest BCUT2D eigenvalue weighted by molar-refractivity contribution is -0.147. The van der Waals surface area contributed by atoms with Crippen LogP contribution in [0.1, 0.15) is 6.42 Å². The molecule has 0 heterocycles. The number of carbonyl (C=O) groups is 3. The lowest BCUT2D eigenvalue weighted by Crippen LogP contribution is -2.40. The van der Waals surface area contributed by atoms with Crippen molar-refractivity contribution in [3.63, 3.8) is 0 Å². The van der Waals surface area contributed by atoms with Crippen LogP contribution in [0.4, 0.5) is 10.5 Å². The zero-order valence-corrected chi connectivity index (χ0v) is 11.2. The van der Waals surface area contributed by atoms with Gasteiger partial charge in [0.05, 0.1) is 6.54 Å². The number of aliphatic carboxylic acids is 1. The number of carboxylic acids is 1. The van der Waals surface area contributed by atoms with Crippen LogP contribution >= 0.6 is 0 Å². The summed E-state index contributed by atoms with van der Waals surface area (Å²) in [5.74, 6) is -1.82. The first-order valence-electron chi connectivity index (χ1n) is 6.26. The number of hydrogen-bond acceptors (Lipinski definition) is 4. The lowest BCUT2D eigenvalue weighted by Gasteiger charge is -2.09. The predicted octanol–water partition coefficient (Wildman–Crippen LogP) is -0.240. The Hall–Kier alpha value is -2.61. The molecule has 3 amide bonds. The van der Waals surface area contributed by atoms with E-state index >= 15 is 0 Å². The van der Waals surface area contributed by atoms with E-state index in [2.05, 4.69) is 16.0 Å². The van der Waals surface area contributed by atoms with Crippen molar-refractivity contribution in [2.24, 2.45) is 0 Å². The Labute approximate surface area is 121 Å². The maximum absolute atomic E-state index is 11.5. The molecule has 1 aromatic rings. The van der Waals surface area contributed by atoms with Crippen molar-refractivity contribution in [1.82, 2.24) is 10.6 Å². The molecule has 8 nitrogen and oxygen atoms in total. The van der Waals surface area contributed by atoms with Crippen molar-refractivity contribution in [3.8, 4) is 0 Å². The van der Waals surface area contributed by atoms with Crippen LogP contribution in [0.3, 0.4) is 0 Å². The second-order valence-electron chi connectivity index (χ2n) is 4.17. The minimum atomic E-state index is -1.51. The largest absolute Gasteiger partial charge is 0.479 e. The zero-order chi connectivity index (χ0) is 15.7. The monoisotopic (exact) mass is 295 g/mol. The van der Waals surface area contributed by atoms with E-state index in [1.807, 2.05) is 6.07 Å². The number of carboxylic acid groups (broad SMARTS) is 1. The van der Waals surface area contributed by atoms with Crippen molar-refractivity contribution < 1.29 is 24.6 Å². The van der Waals surface area contributed by atoms with Gasteiger partial charge < -0.3 is 26.2 Å². The molecule has 0 saturated heterocycles. The van der Waals surface area contributed by atoms with Gasteiger partial charge in [0.25, 0.3) is 0 Å². The van der Waals surface area contributed by atoms with E-state index in [0.29, 0.717) is 5.69 Å². The SMILES string of the molecule is O=C(CNC(=O)Nc1ccccc1)NCC[C@H](O)C(=O)O. The van der Waals surface area contributed by atoms with Crippen molar-refractivity contribution in [3.05, 3.63) is 30.3 Å². The van der Waals surface area contributed by atoms with Crippen molar-refractivity contribution in [1.29, 1.82) is 0 Å². The number of urea groups is 1. The molecular weight excluding hydrogens is 278 g/mol. The van der Waals surface area contributed by atoms with Crippen LogP contribution in [0, 0.1) is 0 Å². The maximum Gasteiger partial charge on any atom is 0.332 e. The molecule has 0 radical (unpaired) electrons. The summed E-state index contributed by atoms with van der Waals surface area (Å²) in [6.07, 6.45) is -1.61. The third-order valence-corrected chi connectivity index (χ3v) is 2.47. The van der Waals surface area contributed by atoms with E-state index in [9.17, 15) is 14.4 Å². The third-order valence-electron chi connectivity index (χ3n) is 2.47. The quantitative estimate of drug-likeness (QED) is 0.474. The molecule has 0 bridgehead atoms. The van der Waals surface area contributed by atoms with Crippen LogP contribution < -0.4 is 16.0 Å². The molecule has 0 saturated carbocycles. The van der Waals surface area contributed by atoms with Crippen LogP contribution in [0.25, 0.3) is 0 Å². The Kier molecular flexibility index (Phi) is 6.69. The van der Waals surface area contributed by atoms with E-state index < -0.39 is 24.0 Å². The van der Waals surface area contributed by atoms with Gasteiger partial charge in [0.15, 0.2) is 6.10 Å². The summed E-state index contributed by atoms with van der Waals surface area (Å²) in [6, 6.07) is 8.20. The molecule has 1 rings (SSSR count). The number of carbonyl (C=O) groups excluding carboxylic acids is 2. The van der Waals surface area contributed by atoms with E-state index in [4.69, 9.17) is 10.2 Å². The molecule has 0 unspecified atom stereocenters. The standard InChI is InChI=1S/C13H17N3O5/c17-10(12(19)20)6-7-14-11(18)8-15-13(21)16-9-4-2-1-3-5-9/h1-5,10,17H,6-8H2,(H,14,18)(H,19,20)(H2,15,16,21)/t10-/m0/s1. The molecule has 1 atom stereocenters. The molecule has 5 N–H and O–H groups in total. The number of aliphatic hydroxyl groups is 1. The van der Waals surface area contributed by atoms with Crippen LogP contribution in [-0.2, 0) is 9.59 Å². The highest BCUT2D eigenvalue weighted by molar-refractivity contribution is 5.92. The van der Waals surface area contributed by atoms with Gasteiger partial charge >= 0.3 is 12.0 Å². The number of rotatable bonds is 7. The lowest BCUT2D eigenvalue weighted by atomic mass is 10.2. The Morgan fingerprint density at radius 2 is 1.76 bits per heavy atom. The number of hydrogen-bond donors (Lipinski definition) is 5. The van der Waals surface area contributed by atoms with Crippen molar-refractivity contribution in [2.75, 3.05) is 18.4 Å². The Morgan fingerprint density at radius 1 is 1.10 bits per heavy atom. The van der Waals surface area contributed by atoms with Gasteiger partial charge in [-0.3, -0.25) is 4.79 Å². The van der Waals surface area contributed by atoms with E-state index in [1.54, 1.807) is 24.3 Å². The smallest absolute Gasteiger partial charge is 0.332 e. The summed E-state index contributed by atoms with van der Waals surface area (Å²) in [5, 5.41) is 24.7. The fourth-order valence-electron chi connectivity index (χ4n) is 1.39. The van der Waals surface area contributed by atoms with Crippen LogP contribution in [-0.4, -0.2) is 47.3 Å². The van der Waals surface area contributed by atoms with Gasteiger partial charge in [-0.1, -0.05) is 18.2 Å². The molecule has 8 heteroatoms. The first-order valence-corrected chi connectivity index (χ1v) is 6.26. The molecule has 1 aromatic carbocycles. The van der Waals surface area contributed by atoms with E-state index in [1.165, 1.54) is 0 Å². The summed E-state index contributed by atoms with van der Waals surface area (Å²) >= 11 is 0. The third kappa shape index (κ3) is 6.92. The summed E-state index contributed by atoms with van der Waals surface area (Å²) in [5.41, 5.74) is 0.597. The van der Waals surface area contributed by atoms with Crippen molar-refractivity contribution >= 4 is 23.6 Å². The second-order valence-corrected chi connectivity index (χ2v) is 4.17. The first kappa shape index (κ1) is 16.4. The summed E-state index contributed by atoms with van der Waals surface area (Å²) in [6.45, 7) is -0.240. The highest BCUT2D eigenvalue weighted by atomic mass is 16.4. The predicted molar refractivity (Wildman–Crippen MR) is 74.7 cm³/mol. The van der Waals surface area contributed by atoms with Crippen LogP contribution in [0.5, 0.6) is 0 Å². The second kappa shape index (κ2) is 8.54. The number of benzene rings is 1. The van der Waals surface area contributed by atoms with Crippen molar-refractivity contribution in [2.45, 2.75) is 12.5 Å². The van der Waals surface area contributed by atoms with Gasteiger partial charge in [-0.2, -0.15) is 0 Å². The maximum atomic E-state index is 11.5. The topological polar surface area (TPSA) is 128 Å².